The Morgan fingerprint density at radius 1 is 1.23 bits per heavy atom. The predicted octanol–water partition coefficient (Wildman–Crippen LogP) is -0.622. The topological polar surface area (TPSA) is 119 Å². The van der Waals surface area contributed by atoms with E-state index in [9.17, 15) is 21.6 Å². The van der Waals surface area contributed by atoms with Crippen molar-refractivity contribution >= 4 is 25.8 Å². The quantitative estimate of drug-likeness (QED) is 0.676. The van der Waals surface area contributed by atoms with Crippen LogP contribution in [0.15, 0.2) is 23.1 Å². The molecule has 1 aromatic carbocycles. The van der Waals surface area contributed by atoms with E-state index in [1.54, 1.807) is 0 Å². The molecule has 0 aliphatic heterocycles. The summed E-state index contributed by atoms with van der Waals surface area (Å²) in [6.45, 7) is -0.0950. The summed E-state index contributed by atoms with van der Waals surface area (Å²) < 4.78 is 52.9. The molecule has 10 heteroatoms. The smallest absolute Gasteiger partial charge is 0.251 e. The van der Waals surface area contributed by atoms with Crippen molar-refractivity contribution in [2.45, 2.75) is 4.90 Å². The zero-order valence-electron chi connectivity index (χ0n) is 12.4. The Labute approximate surface area is 129 Å². The molecule has 0 aliphatic carbocycles. The molecule has 0 aliphatic rings. The van der Waals surface area contributed by atoms with E-state index in [2.05, 4.69) is 10.0 Å². The number of ether oxygens (including phenoxy) is 1. The summed E-state index contributed by atoms with van der Waals surface area (Å²) in [4.78, 5) is 11.8. The van der Waals surface area contributed by atoms with Crippen LogP contribution in [0.5, 0.6) is 5.75 Å². The molecule has 22 heavy (non-hydrogen) atoms. The zero-order valence-corrected chi connectivity index (χ0v) is 14.0. The average Bonchev–Trinajstić information content (AvgIpc) is 2.45. The van der Waals surface area contributed by atoms with Gasteiger partial charge in [0, 0.05) is 18.4 Å². The van der Waals surface area contributed by atoms with Gasteiger partial charge in [0.25, 0.3) is 5.91 Å². The number of sulfone groups is 1. The van der Waals surface area contributed by atoms with Crippen LogP contribution < -0.4 is 14.8 Å². The Hall–Kier alpha value is -1.65. The van der Waals surface area contributed by atoms with Gasteiger partial charge in [-0.05, 0) is 25.2 Å². The number of hydrogen-bond acceptors (Lipinski definition) is 6. The second-order valence-electron chi connectivity index (χ2n) is 4.42. The highest BCUT2D eigenvalue weighted by Gasteiger charge is 2.17. The third-order valence-electron chi connectivity index (χ3n) is 2.79. The number of benzene rings is 1. The third kappa shape index (κ3) is 4.97. The first kappa shape index (κ1) is 18.4. The van der Waals surface area contributed by atoms with Crippen LogP contribution >= 0.6 is 0 Å². The standard InChI is InChI=1S/C12H18N2O6S2/c1-13-22(18,19)7-6-14-12(15)9-4-5-10(20-2)11(8-9)21(3,16)17/h4-5,8,13H,6-7H2,1-3H3,(H,14,15). The van der Waals surface area contributed by atoms with E-state index in [4.69, 9.17) is 4.74 Å². The van der Waals surface area contributed by atoms with Crippen molar-refractivity contribution in [3.05, 3.63) is 23.8 Å². The average molecular weight is 350 g/mol. The molecule has 0 saturated carbocycles. The van der Waals surface area contributed by atoms with Gasteiger partial charge in [0.1, 0.15) is 10.6 Å². The van der Waals surface area contributed by atoms with Gasteiger partial charge in [0.15, 0.2) is 9.84 Å². The number of amides is 1. The number of rotatable bonds is 7. The number of carbonyl (C=O) groups is 1. The molecular formula is C12H18N2O6S2. The highest BCUT2D eigenvalue weighted by molar-refractivity contribution is 7.90. The minimum Gasteiger partial charge on any atom is -0.495 e. The first-order valence-corrected chi connectivity index (χ1v) is 9.72. The van der Waals surface area contributed by atoms with Crippen molar-refractivity contribution < 1.29 is 26.4 Å². The van der Waals surface area contributed by atoms with Gasteiger partial charge in [-0.3, -0.25) is 4.79 Å². The lowest BCUT2D eigenvalue weighted by molar-refractivity contribution is 0.0956. The molecular weight excluding hydrogens is 332 g/mol. The van der Waals surface area contributed by atoms with Crippen molar-refractivity contribution in [3.8, 4) is 5.75 Å². The lowest BCUT2D eigenvalue weighted by atomic mass is 10.2. The van der Waals surface area contributed by atoms with Crippen molar-refractivity contribution in [2.24, 2.45) is 0 Å². The molecule has 1 aromatic rings. The first-order valence-electron chi connectivity index (χ1n) is 6.18. The SMILES string of the molecule is CNS(=O)(=O)CCNC(=O)c1ccc(OC)c(S(C)(=O)=O)c1. The van der Waals surface area contributed by atoms with E-state index in [1.807, 2.05) is 0 Å². The van der Waals surface area contributed by atoms with Gasteiger partial charge >= 0.3 is 0 Å². The normalized spacial score (nSPS) is 12.0. The van der Waals surface area contributed by atoms with Crippen LogP contribution in [0, 0.1) is 0 Å². The fourth-order valence-corrected chi connectivity index (χ4v) is 3.04. The van der Waals surface area contributed by atoms with Gasteiger partial charge in [0.05, 0.1) is 12.9 Å². The highest BCUT2D eigenvalue weighted by Crippen LogP contribution is 2.24. The number of carbonyl (C=O) groups excluding carboxylic acids is 1. The summed E-state index contributed by atoms with van der Waals surface area (Å²) in [5.41, 5.74) is 0.100. The molecule has 0 bridgehead atoms. The van der Waals surface area contributed by atoms with Gasteiger partial charge in [-0.25, -0.2) is 21.6 Å². The fraction of sp³-hybridized carbons (Fsp3) is 0.417. The van der Waals surface area contributed by atoms with Crippen LogP contribution in [-0.2, 0) is 19.9 Å². The number of hydrogen-bond donors (Lipinski definition) is 2. The molecule has 124 valence electrons. The molecule has 0 radical (unpaired) electrons. The van der Waals surface area contributed by atoms with E-state index in [1.165, 1.54) is 32.4 Å². The minimum atomic E-state index is -3.56. The van der Waals surface area contributed by atoms with E-state index >= 15 is 0 Å². The molecule has 8 nitrogen and oxygen atoms in total. The summed E-state index contributed by atoms with van der Waals surface area (Å²) in [6.07, 6.45) is 1.01. The Balaban J connectivity index is 2.92. The molecule has 0 saturated heterocycles. The minimum absolute atomic E-state index is 0.0950. The highest BCUT2D eigenvalue weighted by atomic mass is 32.2. The summed E-state index contributed by atoms with van der Waals surface area (Å²) in [7, 11) is -4.38. The van der Waals surface area contributed by atoms with E-state index in [0.29, 0.717) is 0 Å². The number of methoxy groups -OCH3 is 1. The summed E-state index contributed by atoms with van der Waals surface area (Å²) in [5.74, 6) is -0.708. The van der Waals surface area contributed by atoms with E-state index in [0.717, 1.165) is 6.26 Å². The Bertz CT molecular complexity index is 756. The second-order valence-corrected chi connectivity index (χ2v) is 8.45. The van der Waals surface area contributed by atoms with Crippen molar-refractivity contribution in [1.29, 1.82) is 0 Å². The monoisotopic (exact) mass is 350 g/mol. The van der Waals surface area contributed by atoms with Gasteiger partial charge < -0.3 is 10.1 Å². The molecule has 0 aromatic heterocycles. The van der Waals surface area contributed by atoms with Crippen LogP contribution in [-0.4, -0.2) is 55.5 Å². The molecule has 0 spiro atoms. The molecule has 1 rings (SSSR count). The second kappa shape index (κ2) is 7.07. The summed E-state index contributed by atoms with van der Waals surface area (Å²) in [5, 5.41) is 2.41. The van der Waals surface area contributed by atoms with Crippen LogP contribution in [0.1, 0.15) is 10.4 Å². The molecule has 0 heterocycles. The maximum absolute atomic E-state index is 11.9. The van der Waals surface area contributed by atoms with Gasteiger partial charge in [0.2, 0.25) is 10.0 Å². The Kier molecular flexibility index (Phi) is 5.92. The number of sulfonamides is 1. The Morgan fingerprint density at radius 3 is 2.36 bits per heavy atom. The zero-order chi connectivity index (χ0) is 17.0. The van der Waals surface area contributed by atoms with Crippen LogP contribution in [0.3, 0.4) is 0 Å². The maximum Gasteiger partial charge on any atom is 0.251 e. The van der Waals surface area contributed by atoms with Crippen LogP contribution in [0.25, 0.3) is 0 Å². The lowest BCUT2D eigenvalue weighted by Gasteiger charge is -2.10. The molecule has 1 amide bonds. The van der Waals surface area contributed by atoms with Gasteiger partial charge in [-0.15, -0.1) is 0 Å². The molecule has 0 fully saturated rings. The third-order valence-corrected chi connectivity index (χ3v) is 5.27. The first-order chi connectivity index (χ1) is 10.1. The van der Waals surface area contributed by atoms with Gasteiger partial charge in [-0.2, -0.15) is 0 Å². The van der Waals surface area contributed by atoms with Crippen LogP contribution in [0.4, 0.5) is 0 Å². The predicted molar refractivity (Wildman–Crippen MR) is 81.3 cm³/mol. The molecule has 0 unspecified atom stereocenters. The fourth-order valence-electron chi connectivity index (χ4n) is 1.61. The van der Waals surface area contributed by atoms with Crippen molar-refractivity contribution in [3.63, 3.8) is 0 Å². The van der Waals surface area contributed by atoms with E-state index < -0.39 is 25.8 Å². The summed E-state index contributed by atoms with van der Waals surface area (Å²) >= 11 is 0. The number of nitrogens with one attached hydrogen (secondary N) is 2. The molecule has 0 atom stereocenters. The molecule has 2 N–H and O–H groups in total. The van der Waals surface area contributed by atoms with Crippen molar-refractivity contribution in [1.82, 2.24) is 10.0 Å². The van der Waals surface area contributed by atoms with Gasteiger partial charge in [-0.1, -0.05) is 0 Å². The Morgan fingerprint density at radius 2 is 1.86 bits per heavy atom. The van der Waals surface area contributed by atoms with Crippen LogP contribution in [0.2, 0.25) is 0 Å². The lowest BCUT2D eigenvalue weighted by Crippen LogP contribution is -2.33. The summed E-state index contributed by atoms with van der Waals surface area (Å²) in [6, 6.07) is 3.96. The van der Waals surface area contributed by atoms with Crippen molar-refractivity contribution in [2.75, 3.05) is 32.7 Å². The van der Waals surface area contributed by atoms with E-state index in [-0.39, 0.29) is 28.5 Å². The maximum atomic E-state index is 11.9. The largest absolute Gasteiger partial charge is 0.495 e.